The Kier molecular flexibility index (Phi) is 5.64. The summed E-state index contributed by atoms with van der Waals surface area (Å²) in [7, 11) is 2.07. The van der Waals surface area contributed by atoms with Crippen molar-refractivity contribution in [2.45, 2.75) is 26.2 Å². The van der Waals surface area contributed by atoms with E-state index in [2.05, 4.69) is 62.0 Å². The van der Waals surface area contributed by atoms with E-state index in [1.807, 2.05) is 29.2 Å². The van der Waals surface area contributed by atoms with Gasteiger partial charge < -0.3 is 20.5 Å². The summed E-state index contributed by atoms with van der Waals surface area (Å²) in [5.41, 5.74) is 11.7. The van der Waals surface area contributed by atoms with E-state index in [0.29, 0.717) is 16.6 Å². The van der Waals surface area contributed by atoms with E-state index < -0.39 is 5.91 Å². The molecule has 1 aliphatic heterocycles. The van der Waals surface area contributed by atoms with Crippen molar-refractivity contribution in [1.82, 2.24) is 14.8 Å². The normalized spacial score (nSPS) is 15.1. The molecule has 3 aromatic carbocycles. The number of hydrogen-bond acceptors (Lipinski definition) is 3. The van der Waals surface area contributed by atoms with Crippen LogP contribution >= 0.6 is 0 Å². The molecule has 35 heavy (non-hydrogen) atoms. The maximum Gasteiger partial charge on any atom is 0.254 e. The van der Waals surface area contributed by atoms with Gasteiger partial charge in [-0.3, -0.25) is 9.59 Å². The number of nitrogens with zero attached hydrogens (tertiary/aromatic N) is 2. The number of benzene rings is 3. The lowest BCUT2D eigenvalue weighted by Gasteiger charge is -2.32. The van der Waals surface area contributed by atoms with E-state index in [-0.39, 0.29) is 11.3 Å². The summed E-state index contributed by atoms with van der Waals surface area (Å²) < 4.78 is 0. The molecule has 1 aliphatic rings. The average Bonchev–Trinajstić information content (AvgIpc) is 3.21. The van der Waals surface area contributed by atoms with Crippen molar-refractivity contribution >= 4 is 33.6 Å². The van der Waals surface area contributed by atoms with Crippen LogP contribution in [-0.2, 0) is 5.41 Å². The first-order chi connectivity index (χ1) is 16.6. The van der Waals surface area contributed by atoms with E-state index in [4.69, 9.17) is 5.73 Å². The first kappa shape index (κ1) is 23.1. The monoisotopic (exact) mass is 468 g/mol. The quantitative estimate of drug-likeness (QED) is 0.454. The van der Waals surface area contributed by atoms with Crippen LogP contribution in [0.25, 0.3) is 32.9 Å². The Hall–Kier alpha value is -3.64. The molecule has 3 N–H and O–H groups in total. The van der Waals surface area contributed by atoms with Crippen molar-refractivity contribution in [3.8, 4) is 11.1 Å². The van der Waals surface area contributed by atoms with Gasteiger partial charge in [0.05, 0.1) is 11.1 Å². The second-order valence-electron chi connectivity index (χ2n) is 10.6. The number of carbonyl (C=O) groups is 2. The maximum atomic E-state index is 13.2. The predicted octanol–water partition coefficient (Wildman–Crippen LogP) is 4.77. The molecular formula is C29H32N4O2. The number of nitrogens with two attached hydrogens (primary N) is 1. The summed E-state index contributed by atoms with van der Waals surface area (Å²) >= 11 is 0. The zero-order valence-electron chi connectivity index (χ0n) is 20.8. The van der Waals surface area contributed by atoms with Crippen LogP contribution in [0.15, 0.2) is 54.6 Å². The van der Waals surface area contributed by atoms with Crippen LogP contribution in [0, 0.1) is 0 Å². The molecule has 6 heteroatoms. The first-order valence-electron chi connectivity index (χ1n) is 12.1. The molecule has 2 amide bonds. The van der Waals surface area contributed by atoms with Gasteiger partial charge in [0.2, 0.25) is 0 Å². The van der Waals surface area contributed by atoms with E-state index >= 15 is 0 Å². The standard InChI is InChI=1S/C29H32N4O2/c1-29(2,3)20-8-5-18(6-9-20)21-11-12-23(27(30)34)26-25(21)22-10-7-19(17-24(22)31-26)28(35)33-15-13-32(4)14-16-33/h5-12,17,31H,13-16H2,1-4H3,(H2,30,34). The maximum absolute atomic E-state index is 13.2. The van der Waals surface area contributed by atoms with Crippen molar-refractivity contribution in [2.24, 2.45) is 5.73 Å². The molecule has 1 aromatic heterocycles. The minimum Gasteiger partial charge on any atom is -0.366 e. The van der Waals surface area contributed by atoms with Gasteiger partial charge in [0.1, 0.15) is 0 Å². The van der Waals surface area contributed by atoms with E-state index in [1.54, 1.807) is 6.07 Å². The van der Waals surface area contributed by atoms with Crippen molar-refractivity contribution in [3.05, 3.63) is 71.3 Å². The molecule has 1 fully saturated rings. The molecule has 0 aliphatic carbocycles. The summed E-state index contributed by atoms with van der Waals surface area (Å²) in [4.78, 5) is 32.9. The number of H-pyrrole nitrogens is 1. The van der Waals surface area contributed by atoms with Gasteiger partial charge in [-0.25, -0.2) is 0 Å². The molecule has 0 spiro atoms. The number of nitrogens with one attached hydrogen (secondary N) is 1. The second kappa shape index (κ2) is 8.54. The highest BCUT2D eigenvalue weighted by molar-refractivity contribution is 6.20. The Bertz CT molecular complexity index is 1440. The third-order valence-electron chi connectivity index (χ3n) is 7.12. The van der Waals surface area contributed by atoms with Crippen molar-refractivity contribution in [1.29, 1.82) is 0 Å². The molecule has 0 atom stereocenters. The van der Waals surface area contributed by atoms with E-state index in [1.165, 1.54) is 5.56 Å². The Balaban J connectivity index is 1.63. The Labute approximate surface area is 205 Å². The summed E-state index contributed by atoms with van der Waals surface area (Å²) in [6.07, 6.45) is 0. The molecule has 4 aromatic rings. The van der Waals surface area contributed by atoms with Gasteiger partial charge in [-0.15, -0.1) is 0 Å². The molecule has 0 radical (unpaired) electrons. The fourth-order valence-electron chi connectivity index (χ4n) is 4.93. The van der Waals surface area contributed by atoms with Crippen LogP contribution in [-0.4, -0.2) is 59.8 Å². The van der Waals surface area contributed by atoms with E-state index in [9.17, 15) is 9.59 Å². The highest BCUT2D eigenvalue weighted by Crippen LogP contribution is 2.37. The van der Waals surface area contributed by atoms with Crippen LogP contribution in [0.5, 0.6) is 0 Å². The molecule has 5 rings (SSSR count). The number of likely N-dealkylation sites (N-methyl/N-ethyl adjacent to an activating group) is 1. The van der Waals surface area contributed by atoms with E-state index in [0.717, 1.165) is 53.6 Å². The fourth-order valence-corrected chi connectivity index (χ4v) is 4.93. The zero-order chi connectivity index (χ0) is 24.9. The largest absolute Gasteiger partial charge is 0.366 e. The Morgan fingerprint density at radius 3 is 2.23 bits per heavy atom. The zero-order valence-corrected chi connectivity index (χ0v) is 20.8. The minimum atomic E-state index is -0.482. The summed E-state index contributed by atoms with van der Waals surface area (Å²) in [5.74, 6) is -0.448. The Morgan fingerprint density at radius 2 is 1.60 bits per heavy atom. The predicted molar refractivity (Wildman–Crippen MR) is 142 cm³/mol. The number of aromatic amines is 1. The number of piperazine rings is 1. The summed E-state index contributed by atoms with van der Waals surface area (Å²) in [6.45, 7) is 9.79. The van der Waals surface area contributed by atoms with Crippen LogP contribution in [0.1, 0.15) is 47.1 Å². The van der Waals surface area contributed by atoms with Crippen LogP contribution < -0.4 is 5.73 Å². The van der Waals surface area contributed by atoms with Crippen LogP contribution in [0.3, 0.4) is 0 Å². The lowest BCUT2D eigenvalue weighted by atomic mass is 9.86. The molecule has 1 saturated heterocycles. The SMILES string of the molecule is CN1CCN(C(=O)c2ccc3c(c2)[nH]c2c(C(N)=O)ccc(-c4ccc(C(C)(C)C)cc4)c23)CC1. The van der Waals surface area contributed by atoms with Gasteiger partial charge in [-0.05, 0) is 47.4 Å². The first-order valence-corrected chi connectivity index (χ1v) is 12.1. The Morgan fingerprint density at radius 1 is 0.914 bits per heavy atom. The highest BCUT2D eigenvalue weighted by Gasteiger charge is 2.22. The third kappa shape index (κ3) is 4.19. The van der Waals surface area contributed by atoms with Gasteiger partial charge in [0, 0.05) is 48.0 Å². The van der Waals surface area contributed by atoms with Crippen molar-refractivity contribution in [3.63, 3.8) is 0 Å². The number of carbonyl (C=O) groups excluding carboxylic acids is 2. The number of rotatable bonds is 3. The van der Waals surface area contributed by atoms with Crippen molar-refractivity contribution in [2.75, 3.05) is 33.2 Å². The molecule has 6 nitrogen and oxygen atoms in total. The molecule has 0 bridgehead atoms. The second-order valence-corrected chi connectivity index (χ2v) is 10.6. The number of hydrogen-bond donors (Lipinski definition) is 2. The number of fused-ring (bicyclic) bond motifs is 3. The van der Waals surface area contributed by atoms with Crippen LogP contribution in [0.4, 0.5) is 0 Å². The van der Waals surface area contributed by atoms with Gasteiger partial charge in [0.25, 0.3) is 11.8 Å². The molecule has 180 valence electrons. The van der Waals surface area contributed by atoms with Gasteiger partial charge in [0.15, 0.2) is 0 Å². The fraction of sp³-hybridized carbons (Fsp3) is 0.310. The average molecular weight is 469 g/mol. The molecule has 2 heterocycles. The van der Waals surface area contributed by atoms with Gasteiger partial charge >= 0.3 is 0 Å². The van der Waals surface area contributed by atoms with Gasteiger partial charge in [-0.1, -0.05) is 57.2 Å². The smallest absolute Gasteiger partial charge is 0.254 e. The van der Waals surface area contributed by atoms with Crippen LogP contribution in [0.2, 0.25) is 0 Å². The van der Waals surface area contributed by atoms with Gasteiger partial charge in [-0.2, -0.15) is 0 Å². The minimum absolute atomic E-state index is 0.0340. The number of amides is 2. The molecular weight excluding hydrogens is 436 g/mol. The van der Waals surface area contributed by atoms with Crippen molar-refractivity contribution < 1.29 is 9.59 Å². The number of primary amides is 1. The third-order valence-corrected chi connectivity index (χ3v) is 7.12. The molecule has 0 saturated carbocycles. The summed E-state index contributed by atoms with van der Waals surface area (Å²) in [5, 5.41) is 1.91. The lowest BCUT2D eigenvalue weighted by Crippen LogP contribution is -2.47. The highest BCUT2D eigenvalue weighted by atomic mass is 16.2. The summed E-state index contributed by atoms with van der Waals surface area (Å²) in [6, 6.07) is 18.1. The number of aromatic nitrogens is 1. The lowest BCUT2D eigenvalue weighted by molar-refractivity contribution is 0.0664. The molecule has 0 unspecified atom stereocenters. The topological polar surface area (TPSA) is 82.4 Å².